The van der Waals surface area contributed by atoms with Gasteiger partial charge >= 0.3 is 5.97 Å². The molecule has 0 heterocycles. The number of carboxylic acid groups (broad SMARTS) is 1. The topological polar surface area (TPSA) is 98.5 Å². The Kier molecular flexibility index (Phi) is 5.07. The van der Waals surface area contributed by atoms with Crippen LogP contribution in [0.2, 0.25) is 0 Å². The molecule has 0 fully saturated rings. The summed E-state index contributed by atoms with van der Waals surface area (Å²) < 4.78 is 27.2. The van der Waals surface area contributed by atoms with Crippen molar-refractivity contribution < 1.29 is 18.3 Å². The van der Waals surface area contributed by atoms with Gasteiger partial charge in [0.25, 0.3) is 0 Å². The molecule has 1 unspecified atom stereocenters. The average Bonchev–Trinajstić information content (AvgIpc) is 2.99. The fourth-order valence-electron chi connectivity index (χ4n) is 2.90. The van der Waals surface area contributed by atoms with Crippen molar-refractivity contribution in [3.63, 3.8) is 0 Å². The summed E-state index contributed by atoms with van der Waals surface area (Å²) in [7, 11) is -3.82. The van der Waals surface area contributed by atoms with Gasteiger partial charge in [-0.1, -0.05) is 6.92 Å². The molecule has 0 aliphatic heterocycles. The second-order valence-corrected chi connectivity index (χ2v) is 7.66. The Morgan fingerprint density at radius 2 is 2.13 bits per heavy atom. The molecule has 2 rings (SSSR count). The molecule has 0 saturated heterocycles. The van der Waals surface area contributed by atoms with Crippen molar-refractivity contribution in [2.75, 3.05) is 13.1 Å². The first kappa shape index (κ1) is 17.4. The first-order chi connectivity index (χ1) is 10.8. The van der Waals surface area contributed by atoms with Crippen LogP contribution < -0.4 is 0 Å². The van der Waals surface area contributed by atoms with E-state index >= 15 is 0 Å². The van der Waals surface area contributed by atoms with Gasteiger partial charge in [-0.3, -0.25) is 0 Å². The van der Waals surface area contributed by atoms with Crippen LogP contribution in [0, 0.1) is 17.2 Å². The minimum Gasteiger partial charge on any atom is -0.478 e. The molecule has 0 aromatic heterocycles. The molecule has 0 saturated carbocycles. The van der Waals surface area contributed by atoms with Gasteiger partial charge in [0.15, 0.2) is 0 Å². The van der Waals surface area contributed by atoms with Crippen molar-refractivity contribution in [1.29, 1.82) is 5.26 Å². The SMILES string of the molecule is CCN(CC(C)C#N)S(=O)(=O)c1cc(C(=O)O)cc2c1CCC2. The summed E-state index contributed by atoms with van der Waals surface area (Å²) in [5.41, 5.74) is 1.51. The van der Waals surface area contributed by atoms with Gasteiger partial charge in [0.1, 0.15) is 0 Å². The van der Waals surface area contributed by atoms with Gasteiger partial charge in [0.2, 0.25) is 10.0 Å². The smallest absolute Gasteiger partial charge is 0.335 e. The van der Waals surface area contributed by atoms with E-state index in [9.17, 15) is 18.3 Å². The number of rotatable bonds is 6. The normalized spacial score (nSPS) is 15.2. The zero-order valence-electron chi connectivity index (χ0n) is 13.2. The maximum Gasteiger partial charge on any atom is 0.335 e. The van der Waals surface area contributed by atoms with Gasteiger partial charge in [-0.2, -0.15) is 9.57 Å². The Balaban J connectivity index is 2.55. The molecule has 1 aromatic rings. The molecule has 7 heteroatoms. The van der Waals surface area contributed by atoms with Crippen molar-refractivity contribution in [1.82, 2.24) is 4.31 Å². The van der Waals surface area contributed by atoms with Crippen LogP contribution in [0.4, 0.5) is 0 Å². The van der Waals surface area contributed by atoms with E-state index in [0.29, 0.717) is 12.8 Å². The van der Waals surface area contributed by atoms with Gasteiger partial charge in [0, 0.05) is 13.1 Å². The molecule has 1 atom stereocenters. The number of aryl methyl sites for hydroxylation is 1. The number of sulfonamides is 1. The number of hydrogen-bond acceptors (Lipinski definition) is 4. The van der Waals surface area contributed by atoms with Gasteiger partial charge in [-0.25, -0.2) is 13.2 Å². The van der Waals surface area contributed by atoms with Crippen molar-refractivity contribution in [2.45, 2.75) is 38.0 Å². The number of nitriles is 1. The fourth-order valence-corrected chi connectivity index (χ4v) is 4.76. The Hall–Kier alpha value is -1.91. The summed E-state index contributed by atoms with van der Waals surface area (Å²) in [5, 5.41) is 18.2. The molecule has 0 amide bonds. The fraction of sp³-hybridized carbons (Fsp3) is 0.500. The van der Waals surface area contributed by atoms with Crippen LogP contribution in [0.15, 0.2) is 17.0 Å². The van der Waals surface area contributed by atoms with Crippen LogP contribution in [0.25, 0.3) is 0 Å². The lowest BCUT2D eigenvalue weighted by Gasteiger charge is -2.23. The third kappa shape index (κ3) is 3.38. The molecular weight excluding hydrogens is 316 g/mol. The van der Waals surface area contributed by atoms with Crippen LogP contribution in [0.5, 0.6) is 0 Å². The number of fused-ring (bicyclic) bond motifs is 1. The van der Waals surface area contributed by atoms with E-state index in [-0.39, 0.29) is 23.5 Å². The minimum atomic E-state index is -3.82. The number of hydrogen-bond donors (Lipinski definition) is 1. The zero-order chi connectivity index (χ0) is 17.2. The third-order valence-electron chi connectivity index (χ3n) is 4.09. The Labute approximate surface area is 136 Å². The molecule has 0 radical (unpaired) electrons. The van der Waals surface area contributed by atoms with Crippen LogP contribution >= 0.6 is 0 Å². The summed E-state index contributed by atoms with van der Waals surface area (Å²) in [6.07, 6.45) is 2.15. The number of nitrogens with zero attached hydrogens (tertiary/aromatic N) is 2. The highest BCUT2D eigenvalue weighted by Gasteiger charge is 2.31. The lowest BCUT2D eigenvalue weighted by molar-refractivity contribution is 0.0696. The molecule has 1 aromatic carbocycles. The molecule has 0 bridgehead atoms. The second kappa shape index (κ2) is 6.69. The largest absolute Gasteiger partial charge is 0.478 e. The standard InChI is InChI=1S/C16H20N2O4S/c1-3-18(10-11(2)9-17)23(21,22)15-8-13(16(19)20)7-12-5-4-6-14(12)15/h7-8,11H,3-6,10H2,1-2H3,(H,19,20). The van der Waals surface area contributed by atoms with Gasteiger partial charge in [0.05, 0.1) is 22.4 Å². The van der Waals surface area contributed by atoms with Gasteiger partial charge < -0.3 is 5.11 Å². The van der Waals surface area contributed by atoms with Crippen molar-refractivity contribution >= 4 is 16.0 Å². The van der Waals surface area contributed by atoms with Crippen molar-refractivity contribution in [3.8, 4) is 6.07 Å². The second-order valence-electron chi connectivity index (χ2n) is 5.76. The lowest BCUT2D eigenvalue weighted by atomic mass is 10.1. The first-order valence-electron chi connectivity index (χ1n) is 7.60. The van der Waals surface area contributed by atoms with E-state index in [1.54, 1.807) is 19.9 Å². The lowest BCUT2D eigenvalue weighted by Crippen LogP contribution is -2.35. The summed E-state index contributed by atoms with van der Waals surface area (Å²) in [6.45, 7) is 3.71. The van der Waals surface area contributed by atoms with Crippen molar-refractivity contribution in [3.05, 3.63) is 28.8 Å². The maximum atomic E-state index is 13.0. The highest BCUT2D eigenvalue weighted by Crippen LogP contribution is 2.32. The number of benzene rings is 1. The molecule has 1 aliphatic carbocycles. The van der Waals surface area contributed by atoms with E-state index in [1.807, 2.05) is 6.07 Å². The third-order valence-corrected chi connectivity index (χ3v) is 6.10. The maximum absolute atomic E-state index is 13.0. The van der Waals surface area contributed by atoms with E-state index in [1.165, 1.54) is 10.4 Å². The summed E-state index contributed by atoms with van der Waals surface area (Å²) in [6, 6.07) is 4.85. The first-order valence-corrected chi connectivity index (χ1v) is 9.04. The Morgan fingerprint density at radius 3 is 2.70 bits per heavy atom. The molecule has 124 valence electrons. The summed E-state index contributed by atoms with van der Waals surface area (Å²) >= 11 is 0. The van der Waals surface area contributed by atoms with Crippen LogP contribution in [-0.4, -0.2) is 36.9 Å². The predicted molar refractivity (Wildman–Crippen MR) is 84.6 cm³/mol. The van der Waals surface area contributed by atoms with E-state index < -0.39 is 21.9 Å². The van der Waals surface area contributed by atoms with Gasteiger partial charge in [-0.15, -0.1) is 0 Å². The predicted octanol–water partition coefficient (Wildman–Crippen LogP) is 2.04. The summed E-state index contributed by atoms with van der Waals surface area (Å²) in [4.78, 5) is 11.4. The highest BCUT2D eigenvalue weighted by molar-refractivity contribution is 7.89. The molecule has 6 nitrogen and oxygen atoms in total. The van der Waals surface area contributed by atoms with E-state index in [0.717, 1.165) is 17.5 Å². The molecular formula is C16H20N2O4S. The average molecular weight is 336 g/mol. The van der Waals surface area contributed by atoms with E-state index in [4.69, 9.17) is 5.26 Å². The molecule has 23 heavy (non-hydrogen) atoms. The van der Waals surface area contributed by atoms with Gasteiger partial charge in [-0.05, 0) is 49.4 Å². The molecule has 0 spiro atoms. The Morgan fingerprint density at radius 1 is 1.43 bits per heavy atom. The summed E-state index contributed by atoms with van der Waals surface area (Å²) in [5.74, 6) is -1.56. The molecule has 1 aliphatic rings. The van der Waals surface area contributed by atoms with Crippen LogP contribution in [0.1, 0.15) is 41.8 Å². The van der Waals surface area contributed by atoms with Crippen LogP contribution in [-0.2, 0) is 22.9 Å². The Bertz CT molecular complexity index is 765. The monoisotopic (exact) mass is 336 g/mol. The zero-order valence-corrected chi connectivity index (χ0v) is 14.1. The highest BCUT2D eigenvalue weighted by atomic mass is 32.2. The van der Waals surface area contributed by atoms with E-state index in [2.05, 4.69) is 0 Å². The minimum absolute atomic E-state index is 0.00592. The molecule has 1 N–H and O–H groups in total. The number of carboxylic acids is 1. The quantitative estimate of drug-likeness (QED) is 0.857. The number of carbonyl (C=O) groups is 1. The number of aromatic carboxylic acids is 1. The van der Waals surface area contributed by atoms with Crippen molar-refractivity contribution in [2.24, 2.45) is 5.92 Å². The van der Waals surface area contributed by atoms with Crippen LogP contribution in [0.3, 0.4) is 0 Å².